The van der Waals surface area contributed by atoms with Gasteiger partial charge in [-0.2, -0.15) is 0 Å². The highest BCUT2D eigenvalue weighted by atomic mass is 79.9. The quantitative estimate of drug-likeness (QED) is 0.928. The average molecular weight is 300 g/mol. The lowest BCUT2D eigenvalue weighted by Gasteiger charge is -2.28. The van der Waals surface area contributed by atoms with Gasteiger partial charge in [-0.1, -0.05) is 12.1 Å². The van der Waals surface area contributed by atoms with Crippen LogP contribution >= 0.6 is 15.9 Å². The van der Waals surface area contributed by atoms with Crippen LogP contribution in [0.15, 0.2) is 28.7 Å². The van der Waals surface area contributed by atoms with Gasteiger partial charge in [0, 0.05) is 17.1 Å². The average Bonchev–Trinajstić information content (AvgIpc) is 2.25. The first kappa shape index (κ1) is 14.2. The Balaban J connectivity index is 2.96. The topological polar surface area (TPSA) is 40.5 Å². The molecule has 1 amide bonds. The SMILES string of the molecule is CC(O)CN(C(=O)c1ccccc1Br)C(C)C. The maximum absolute atomic E-state index is 12.3. The fourth-order valence-electron chi connectivity index (χ4n) is 1.60. The molecule has 94 valence electrons. The molecule has 0 bridgehead atoms. The molecular weight excluding hydrogens is 282 g/mol. The fraction of sp³-hybridized carbons (Fsp3) is 0.462. The summed E-state index contributed by atoms with van der Waals surface area (Å²) < 4.78 is 0.779. The summed E-state index contributed by atoms with van der Waals surface area (Å²) >= 11 is 3.37. The van der Waals surface area contributed by atoms with E-state index >= 15 is 0 Å². The van der Waals surface area contributed by atoms with Crippen LogP contribution in [0.3, 0.4) is 0 Å². The summed E-state index contributed by atoms with van der Waals surface area (Å²) in [5, 5.41) is 9.43. The summed E-state index contributed by atoms with van der Waals surface area (Å²) in [6, 6.07) is 7.38. The minimum Gasteiger partial charge on any atom is -0.392 e. The normalized spacial score (nSPS) is 12.6. The van der Waals surface area contributed by atoms with Crippen LogP contribution in [0.4, 0.5) is 0 Å². The summed E-state index contributed by atoms with van der Waals surface area (Å²) in [5.41, 5.74) is 0.627. The summed E-state index contributed by atoms with van der Waals surface area (Å²) in [5.74, 6) is -0.0617. The van der Waals surface area contributed by atoms with Gasteiger partial charge in [0.1, 0.15) is 0 Å². The van der Waals surface area contributed by atoms with Crippen LogP contribution in [0.1, 0.15) is 31.1 Å². The van der Waals surface area contributed by atoms with Crippen LogP contribution in [0.25, 0.3) is 0 Å². The molecule has 0 aliphatic heterocycles. The Kier molecular flexibility index (Phi) is 5.15. The van der Waals surface area contributed by atoms with E-state index < -0.39 is 6.10 Å². The standard InChI is InChI=1S/C13H18BrNO2/c1-9(2)15(8-10(3)16)13(17)11-6-4-5-7-12(11)14/h4-7,9-10,16H,8H2,1-3H3. The number of halogens is 1. The highest BCUT2D eigenvalue weighted by molar-refractivity contribution is 9.10. The molecule has 1 aromatic rings. The van der Waals surface area contributed by atoms with Crippen molar-refractivity contribution >= 4 is 21.8 Å². The number of amides is 1. The first-order valence-electron chi connectivity index (χ1n) is 5.67. The Morgan fingerprint density at radius 1 is 1.35 bits per heavy atom. The van der Waals surface area contributed by atoms with E-state index in [-0.39, 0.29) is 11.9 Å². The molecule has 3 nitrogen and oxygen atoms in total. The molecule has 4 heteroatoms. The van der Waals surface area contributed by atoms with Crippen molar-refractivity contribution in [2.75, 3.05) is 6.54 Å². The van der Waals surface area contributed by atoms with Crippen LogP contribution in [0.5, 0.6) is 0 Å². The highest BCUT2D eigenvalue weighted by Crippen LogP contribution is 2.19. The number of carbonyl (C=O) groups excluding carboxylic acids is 1. The Bertz CT molecular complexity index is 391. The van der Waals surface area contributed by atoms with E-state index in [2.05, 4.69) is 15.9 Å². The third kappa shape index (κ3) is 3.82. The smallest absolute Gasteiger partial charge is 0.255 e. The zero-order chi connectivity index (χ0) is 13.0. The molecule has 1 aromatic carbocycles. The number of rotatable bonds is 4. The number of hydrogen-bond donors (Lipinski definition) is 1. The van der Waals surface area contributed by atoms with Gasteiger partial charge >= 0.3 is 0 Å². The predicted octanol–water partition coefficient (Wildman–Crippen LogP) is 2.68. The van der Waals surface area contributed by atoms with Crippen LogP contribution in [0, 0.1) is 0 Å². The zero-order valence-corrected chi connectivity index (χ0v) is 11.9. The molecule has 0 saturated carbocycles. The predicted molar refractivity (Wildman–Crippen MR) is 72.0 cm³/mol. The van der Waals surface area contributed by atoms with E-state index in [0.29, 0.717) is 12.1 Å². The van der Waals surface area contributed by atoms with Crippen molar-refractivity contribution in [3.05, 3.63) is 34.3 Å². The Morgan fingerprint density at radius 2 is 1.94 bits per heavy atom. The third-order valence-electron chi connectivity index (χ3n) is 2.45. The molecule has 0 aromatic heterocycles. The minimum absolute atomic E-state index is 0.0595. The summed E-state index contributed by atoms with van der Waals surface area (Å²) in [6.45, 7) is 5.91. The molecular formula is C13H18BrNO2. The molecule has 1 atom stereocenters. The summed E-state index contributed by atoms with van der Waals surface area (Å²) in [7, 11) is 0. The maximum atomic E-state index is 12.3. The van der Waals surface area contributed by atoms with Gasteiger partial charge in [-0.3, -0.25) is 4.79 Å². The molecule has 1 unspecified atom stereocenters. The first-order chi connectivity index (χ1) is 7.93. The van der Waals surface area contributed by atoms with Gasteiger partial charge in [0.15, 0.2) is 0 Å². The number of aliphatic hydroxyl groups excluding tert-OH is 1. The lowest BCUT2D eigenvalue weighted by Crippen LogP contribution is -2.41. The van der Waals surface area contributed by atoms with Crippen molar-refractivity contribution in [3.63, 3.8) is 0 Å². The van der Waals surface area contributed by atoms with Crippen LogP contribution < -0.4 is 0 Å². The van der Waals surface area contributed by atoms with Crippen LogP contribution in [-0.4, -0.2) is 34.6 Å². The number of nitrogens with zero attached hydrogens (tertiary/aromatic N) is 1. The first-order valence-corrected chi connectivity index (χ1v) is 6.46. The van der Waals surface area contributed by atoms with E-state index in [9.17, 15) is 9.90 Å². The monoisotopic (exact) mass is 299 g/mol. The van der Waals surface area contributed by atoms with E-state index in [0.717, 1.165) is 4.47 Å². The molecule has 17 heavy (non-hydrogen) atoms. The van der Waals surface area contributed by atoms with Crippen molar-refractivity contribution in [2.24, 2.45) is 0 Å². The maximum Gasteiger partial charge on any atom is 0.255 e. The van der Waals surface area contributed by atoms with Gasteiger partial charge in [0.25, 0.3) is 5.91 Å². The van der Waals surface area contributed by atoms with E-state index in [1.54, 1.807) is 17.9 Å². The van der Waals surface area contributed by atoms with Gasteiger partial charge in [-0.25, -0.2) is 0 Å². The van der Waals surface area contributed by atoms with Crippen LogP contribution in [0.2, 0.25) is 0 Å². The van der Waals surface area contributed by atoms with Gasteiger partial charge < -0.3 is 10.0 Å². The molecule has 0 fully saturated rings. The van der Waals surface area contributed by atoms with E-state index in [1.807, 2.05) is 32.0 Å². The molecule has 1 N–H and O–H groups in total. The number of aliphatic hydroxyl groups is 1. The Labute approximate surface area is 111 Å². The highest BCUT2D eigenvalue weighted by Gasteiger charge is 2.21. The molecule has 1 rings (SSSR count). The molecule has 0 saturated heterocycles. The summed E-state index contributed by atoms with van der Waals surface area (Å²) in [6.07, 6.45) is -0.524. The number of carbonyl (C=O) groups is 1. The van der Waals surface area contributed by atoms with Crippen molar-refractivity contribution in [1.82, 2.24) is 4.90 Å². The Hall–Kier alpha value is -0.870. The van der Waals surface area contributed by atoms with E-state index in [1.165, 1.54) is 0 Å². The number of hydrogen-bond acceptors (Lipinski definition) is 2. The summed E-state index contributed by atoms with van der Waals surface area (Å²) in [4.78, 5) is 14.0. The van der Waals surface area contributed by atoms with Gasteiger partial charge in [0.05, 0.1) is 11.7 Å². The molecule has 0 aliphatic carbocycles. The molecule has 0 aliphatic rings. The van der Waals surface area contributed by atoms with Crippen molar-refractivity contribution < 1.29 is 9.90 Å². The number of benzene rings is 1. The van der Waals surface area contributed by atoms with Gasteiger partial charge in [-0.05, 0) is 48.8 Å². The van der Waals surface area contributed by atoms with Crippen molar-refractivity contribution in [1.29, 1.82) is 0 Å². The van der Waals surface area contributed by atoms with Gasteiger partial charge in [0.2, 0.25) is 0 Å². The van der Waals surface area contributed by atoms with Gasteiger partial charge in [-0.15, -0.1) is 0 Å². The molecule has 0 heterocycles. The largest absolute Gasteiger partial charge is 0.392 e. The zero-order valence-electron chi connectivity index (χ0n) is 10.4. The second kappa shape index (κ2) is 6.17. The minimum atomic E-state index is -0.524. The molecule has 0 radical (unpaired) electrons. The second-order valence-electron chi connectivity index (χ2n) is 4.38. The fourth-order valence-corrected chi connectivity index (χ4v) is 2.06. The lowest BCUT2D eigenvalue weighted by atomic mass is 10.1. The second-order valence-corrected chi connectivity index (χ2v) is 5.23. The lowest BCUT2D eigenvalue weighted by molar-refractivity contribution is 0.0578. The third-order valence-corrected chi connectivity index (χ3v) is 3.14. The van der Waals surface area contributed by atoms with Crippen molar-refractivity contribution in [3.8, 4) is 0 Å². The van der Waals surface area contributed by atoms with Crippen LogP contribution in [-0.2, 0) is 0 Å². The molecule has 0 spiro atoms. The van der Waals surface area contributed by atoms with Crippen molar-refractivity contribution in [2.45, 2.75) is 32.9 Å². The Morgan fingerprint density at radius 3 is 2.41 bits per heavy atom. The van der Waals surface area contributed by atoms with E-state index in [4.69, 9.17) is 0 Å².